The second-order valence-corrected chi connectivity index (χ2v) is 2.02. The van der Waals surface area contributed by atoms with Crippen molar-refractivity contribution in [2.45, 2.75) is 0 Å². The van der Waals surface area contributed by atoms with Crippen molar-refractivity contribution in [2.24, 2.45) is 5.84 Å². The van der Waals surface area contributed by atoms with Gasteiger partial charge >= 0.3 is 0 Å². The van der Waals surface area contributed by atoms with Crippen LogP contribution >= 0.6 is 35.6 Å². The molecule has 0 fully saturated rings. The van der Waals surface area contributed by atoms with E-state index in [1.165, 1.54) is 0 Å². The molecular formula is C3H4Cl3N5. The van der Waals surface area contributed by atoms with Gasteiger partial charge in [-0.05, 0) is 23.2 Å². The van der Waals surface area contributed by atoms with Gasteiger partial charge in [-0.2, -0.15) is 15.0 Å². The number of hydrogen-bond acceptors (Lipinski definition) is 5. The first-order chi connectivity index (χ1) is 4.72. The maximum absolute atomic E-state index is 5.39. The van der Waals surface area contributed by atoms with Crippen molar-refractivity contribution in [3.8, 4) is 0 Å². The number of hydrazine groups is 1. The van der Waals surface area contributed by atoms with Crippen LogP contribution in [0.2, 0.25) is 10.6 Å². The number of anilines is 1. The maximum Gasteiger partial charge on any atom is 0.242 e. The molecule has 0 radical (unpaired) electrons. The number of hydrogen-bond donors (Lipinski definition) is 2. The molecule has 3 N–H and O–H groups in total. The Hall–Kier alpha value is -0.360. The Morgan fingerprint density at radius 1 is 1.09 bits per heavy atom. The van der Waals surface area contributed by atoms with Crippen molar-refractivity contribution < 1.29 is 0 Å². The van der Waals surface area contributed by atoms with Gasteiger partial charge in [-0.3, -0.25) is 5.43 Å². The predicted octanol–water partition coefficient (Wildman–Crippen LogP) is 0.886. The average molecular weight is 216 g/mol. The van der Waals surface area contributed by atoms with Crippen LogP contribution in [-0.4, -0.2) is 15.0 Å². The van der Waals surface area contributed by atoms with E-state index in [2.05, 4.69) is 20.4 Å². The Morgan fingerprint density at radius 3 is 1.91 bits per heavy atom. The molecule has 0 atom stereocenters. The van der Waals surface area contributed by atoms with Gasteiger partial charge < -0.3 is 0 Å². The zero-order valence-electron chi connectivity index (χ0n) is 5.08. The minimum atomic E-state index is 0. The molecule has 8 heteroatoms. The van der Waals surface area contributed by atoms with Crippen molar-refractivity contribution in [3.05, 3.63) is 10.6 Å². The van der Waals surface area contributed by atoms with Crippen molar-refractivity contribution in [3.63, 3.8) is 0 Å². The third kappa shape index (κ3) is 3.02. The molecule has 0 aromatic carbocycles. The number of rotatable bonds is 1. The van der Waals surface area contributed by atoms with Gasteiger partial charge in [0.2, 0.25) is 16.5 Å². The van der Waals surface area contributed by atoms with E-state index in [0.717, 1.165) is 0 Å². The van der Waals surface area contributed by atoms with Gasteiger partial charge in [0.05, 0.1) is 0 Å². The summed E-state index contributed by atoms with van der Waals surface area (Å²) in [5.74, 6) is 5.11. The highest BCUT2D eigenvalue weighted by Gasteiger charge is 1.99. The summed E-state index contributed by atoms with van der Waals surface area (Å²) in [6.07, 6.45) is 0. The molecule has 0 bridgehead atoms. The van der Waals surface area contributed by atoms with Crippen molar-refractivity contribution in [2.75, 3.05) is 5.43 Å². The van der Waals surface area contributed by atoms with E-state index in [-0.39, 0.29) is 28.9 Å². The summed E-state index contributed by atoms with van der Waals surface area (Å²) >= 11 is 10.8. The molecular weight excluding hydrogens is 212 g/mol. The lowest BCUT2D eigenvalue weighted by Crippen LogP contribution is -2.11. The van der Waals surface area contributed by atoms with Crippen LogP contribution in [0.1, 0.15) is 0 Å². The molecule has 62 valence electrons. The largest absolute Gasteiger partial charge is 0.292 e. The molecule has 1 aromatic heterocycles. The zero-order valence-corrected chi connectivity index (χ0v) is 7.41. The average Bonchev–Trinajstić information content (AvgIpc) is 1.85. The quantitative estimate of drug-likeness (QED) is 0.538. The Bertz CT molecular complexity index is 220. The molecule has 0 aliphatic rings. The summed E-state index contributed by atoms with van der Waals surface area (Å²) in [4.78, 5) is 10.6. The number of nitrogens with zero attached hydrogens (tertiary/aromatic N) is 3. The summed E-state index contributed by atoms with van der Waals surface area (Å²) in [6, 6.07) is 0. The molecule has 0 spiro atoms. The van der Waals surface area contributed by atoms with E-state index in [9.17, 15) is 0 Å². The van der Waals surface area contributed by atoms with E-state index in [4.69, 9.17) is 29.0 Å². The highest BCUT2D eigenvalue weighted by atomic mass is 35.5. The first kappa shape index (κ1) is 10.6. The van der Waals surface area contributed by atoms with E-state index >= 15 is 0 Å². The number of halogens is 3. The molecule has 1 rings (SSSR count). The van der Waals surface area contributed by atoms with E-state index in [0.29, 0.717) is 0 Å². The number of nitrogens with one attached hydrogen (secondary N) is 1. The minimum Gasteiger partial charge on any atom is -0.292 e. The van der Waals surface area contributed by atoms with Crippen LogP contribution < -0.4 is 11.3 Å². The van der Waals surface area contributed by atoms with Crippen LogP contribution in [0, 0.1) is 0 Å². The lowest BCUT2D eigenvalue weighted by atomic mass is 11.0. The molecule has 0 saturated carbocycles. The van der Waals surface area contributed by atoms with Gasteiger partial charge in [-0.25, -0.2) is 5.84 Å². The standard InChI is InChI=1S/C3H3Cl2N5.ClH/c4-1-7-2(5)9-3(8-1)10-6;/h6H2,(H,7,8,9,10);1H. The van der Waals surface area contributed by atoms with Crippen molar-refractivity contribution in [1.29, 1.82) is 0 Å². The van der Waals surface area contributed by atoms with Gasteiger partial charge in [0, 0.05) is 0 Å². The molecule has 1 heterocycles. The lowest BCUT2D eigenvalue weighted by Gasteiger charge is -1.96. The molecule has 0 aliphatic heterocycles. The van der Waals surface area contributed by atoms with Crippen molar-refractivity contribution >= 4 is 41.6 Å². The Morgan fingerprint density at radius 2 is 1.55 bits per heavy atom. The second kappa shape index (κ2) is 4.50. The summed E-state index contributed by atoms with van der Waals surface area (Å²) in [7, 11) is 0. The third-order valence-electron chi connectivity index (χ3n) is 0.710. The number of nitrogens with two attached hydrogens (primary N) is 1. The molecule has 1 aromatic rings. The fraction of sp³-hybridized carbons (Fsp3) is 0. The van der Waals surface area contributed by atoms with Crippen LogP contribution in [-0.2, 0) is 0 Å². The fourth-order valence-electron chi connectivity index (χ4n) is 0.390. The Balaban J connectivity index is 0.000001000. The van der Waals surface area contributed by atoms with Crippen molar-refractivity contribution in [1.82, 2.24) is 15.0 Å². The van der Waals surface area contributed by atoms with E-state index < -0.39 is 0 Å². The molecule has 0 aliphatic carbocycles. The zero-order chi connectivity index (χ0) is 7.56. The van der Waals surface area contributed by atoms with Gasteiger partial charge in [0.25, 0.3) is 0 Å². The maximum atomic E-state index is 5.39. The molecule has 0 amide bonds. The predicted molar refractivity (Wildman–Crippen MR) is 44.9 cm³/mol. The van der Waals surface area contributed by atoms with Gasteiger partial charge in [0.1, 0.15) is 0 Å². The summed E-state index contributed by atoms with van der Waals surface area (Å²) in [6.45, 7) is 0. The fourth-order valence-corrected chi connectivity index (χ4v) is 0.754. The van der Waals surface area contributed by atoms with E-state index in [1.54, 1.807) is 0 Å². The first-order valence-corrected chi connectivity index (χ1v) is 3.01. The van der Waals surface area contributed by atoms with Crippen LogP contribution in [0.3, 0.4) is 0 Å². The number of aromatic nitrogens is 3. The van der Waals surface area contributed by atoms with Crippen LogP contribution in [0.15, 0.2) is 0 Å². The Labute approximate surface area is 78.7 Å². The summed E-state index contributed by atoms with van der Waals surface area (Å²) < 4.78 is 0. The molecule has 11 heavy (non-hydrogen) atoms. The van der Waals surface area contributed by atoms with Gasteiger partial charge in [-0.15, -0.1) is 12.4 Å². The SMILES string of the molecule is Cl.NNc1nc(Cl)nc(Cl)n1. The minimum absolute atomic E-state index is 0. The Kier molecular flexibility index (Phi) is 4.36. The van der Waals surface area contributed by atoms with Crippen LogP contribution in [0.4, 0.5) is 5.95 Å². The normalized spacial score (nSPS) is 8.64. The monoisotopic (exact) mass is 215 g/mol. The summed E-state index contributed by atoms with van der Waals surface area (Å²) in [5, 5.41) is 0.0147. The molecule has 0 saturated heterocycles. The van der Waals surface area contributed by atoms with Gasteiger partial charge in [-0.1, -0.05) is 0 Å². The molecule has 0 unspecified atom stereocenters. The lowest BCUT2D eigenvalue weighted by molar-refractivity contribution is 1.03. The highest BCUT2D eigenvalue weighted by Crippen LogP contribution is 2.07. The second-order valence-electron chi connectivity index (χ2n) is 1.34. The smallest absolute Gasteiger partial charge is 0.242 e. The third-order valence-corrected chi connectivity index (χ3v) is 1.05. The van der Waals surface area contributed by atoms with E-state index in [1.807, 2.05) is 0 Å². The topological polar surface area (TPSA) is 76.7 Å². The van der Waals surface area contributed by atoms with Crippen LogP contribution in [0.25, 0.3) is 0 Å². The summed E-state index contributed by atoms with van der Waals surface area (Å²) in [5.41, 5.74) is 2.18. The number of nitrogen functional groups attached to an aromatic ring is 1. The molecule has 5 nitrogen and oxygen atoms in total. The first-order valence-electron chi connectivity index (χ1n) is 2.26. The van der Waals surface area contributed by atoms with Crippen LogP contribution in [0.5, 0.6) is 0 Å². The van der Waals surface area contributed by atoms with Gasteiger partial charge in [0.15, 0.2) is 0 Å². The highest BCUT2D eigenvalue weighted by molar-refractivity contribution is 6.31.